The smallest absolute Gasteiger partial charge is 0.243 e. The van der Waals surface area contributed by atoms with Gasteiger partial charge in [-0.05, 0) is 48.6 Å². The van der Waals surface area contributed by atoms with E-state index in [2.05, 4.69) is 19.2 Å². The molecule has 7 nitrogen and oxygen atoms in total. The molecule has 0 spiro atoms. The highest BCUT2D eigenvalue weighted by Crippen LogP contribution is 2.25. The first-order valence-electron chi connectivity index (χ1n) is 9.88. The number of carbonyl (C=O) groups is 1. The summed E-state index contributed by atoms with van der Waals surface area (Å²) in [6, 6.07) is 10.3. The normalized spacial score (nSPS) is 17.4. The van der Waals surface area contributed by atoms with Gasteiger partial charge in [-0.1, -0.05) is 26.0 Å². The number of furan rings is 1. The Morgan fingerprint density at radius 2 is 1.86 bits per heavy atom. The Morgan fingerprint density at radius 3 is 2.41 bits per heavy atom. The van der Waals surface area contributed by atoms with Crippen molar-refractivity contribution in [2.75, 3.05) is 19.6 Å². The molecule has 158 valence electrons. The molecule has 8 heteroatoms. The van der Waals surface area contributed by atoms with Crippen LogP contribution in [-0.2, 0) is 14.8 Å². The van der Waals surface area contributed by atoms with E-state index >= 15 is 0 Å². The minimum Gasteiger partial charge on any atom is -0.467 e. The molecule has 0 saturated carbocycles. The minimum absolute atomic E-state index is 0.0626. The summed E-state index contributed by atoms with van der Waals surface area (Å²) in [5, 5.41) is 12.7. The molecule has 1 aliphatic rings. The lowest BCUT2D eigenvalue weighted by Gasteiger charge is -2.30. The van der Waals surface area contributed by atoms with Gasteiger partial charge in [0.15, 0.2) is 0 Å². The first-order chi connectivity index (χ1) is 13.8. The van der Waals surface area contributed by atoms with Gasteiger partial charge in [0, 0.05) is 19.0 Å². The average Bonchev–Trinajstić information content (AvgIpc) is 3.27. The highest BCUT2D eigenvalue weighted by atomic mass is 32.2. The number of nitrogens with one attached hydrogen (secondary N) is 1. The number of carbonyl (C=O) groups excluding carboxylic acids is 1. The van der Waals surface area contributed by atoms with E-state index in [1.54, 1.807) is 24.3 Å². The molecule has 0 bridgehead atoms. The van der Waals surface area contributed by atoms with Crippen molar-refractivity contribution in [3.63, 3.8) is 0 Å². The summed E-state index contributed by atoms with van der Waals surface area (Å²) in [6.07, 6.45) is 1.47. The van der Waals surface area contributed by atoms with Crippen molar-refractivity contribution in [1.29, 1.82) is 0 Å². The summed E-state index contributed by atoms with van der Waals surface area (Å²) in [4.78, 5) is 12.7. The maximum absolute atomic E-state index is 12.9. The van der Waals surface area contributed by atoms with Crippen LogP contribution in [0.5, 0.6) is 0 Å². The minimum atomic E-state index is -3.56. The van der Waals surface area contributed by atoms with Crippen LogP contribution in [0.15, 0.2) is 52.0 Å². The fraction of sp³-hybridized carbons (Fsp3) is 0.476. The van der Waals surface area contributed by atoms with Gasteiger partial charge in [-0.3, -0.25) is 4.79 Å². The summed E-state index contributed by atoms with van der Waals surface area (Å²) in [6.45, 7) is 4.78. The number of piperidine rings is 1. The van der Waals surface area contributed by atoms with E-state index in [-0.39, 0.29) is 23.3 Å². The van der Waals surface area contributed by atoms with E-state index in [1.165, 1.54) is 10.6 Å². The number of rotatable bonds is 7. The second kappa shape index (κ2) is 9.11. The first-order valence-corrected chi connectivity index (χ1v) is 11.3. The molecule has 1 aliphatic heterocycles. The van der Waals surface area contributed by atoms with Crippen molar-refractivity contribution in [2.45, 2.75) is 43.6 Å². The quantitative estimate of drug-likeness (QED) is 0.717. The van der Waals surface area contributed by atoms with Gasteiger partial charge in [-0.15, -0.1) is 0 Å². The molecule has 0 radical (unpaired) electrons. The van der Waals surface area contributed by atoms with Gasteiger partial charge in [0.1, 0.15) is 11.9 Å². The zero-order valence-corrected chi connectivity index (χ0v) is 17.6. The highest BCUT2D eigenvalue weighted by Gasteiger charge is 2.32. The average molecular weight is 421 g/mol. The Morgan fingerprint density at radius 1 is 1.21 bits per heavy atom. The Bertz CT molecular complexity index is 899. The fourth-order valence-electron chi connectivity index (χ4n) is 3.46. The van der Waals surface area contributed by atoms with Gasteiger partial charge in [-0.25, -0.2) is 8.42 Å². The van der Waals surface area contributed by atoms with Crippen LogP contribution in [0.3, 0.4) is 0 Å². The molecule has 2 heterocycles. The van der Waals surface area contributed by atoms with Crippen LogP contribution in [0.2, 0.25) is 0 Å². The van der Waals surface area contributed by atoms with Crippen LogP contribution in [0.1, 0.15) is 50.0 Å². The van der Waals surface area contributed by atoms with Crippen molar-refractivity contribution in [3.8, 4) is 0 Å². The van der Waals surface area contributed by atoms with Crippen molar-refractivity contribution in [2.24, 2.45) is 5.92 Å². The van der Waals surface area contributed by atoms with Crippen LogP contribution in [0.4, 0.5) is 0 Å². The predicted molar refractivity (Wildman–Crippen MR) is 109 cm³/mol. The lowest BCUT2D eigenvalue weighted by molar-refractivity contribution is -0.126. The van der Waals surface area contributed by atoms with E-state index in [4.69, 9.17) is 4.42 Å². The fourth-order valence-corrected chi connectivity index (χ4v) is 4.92. The van der Waals surface area contributed by atoms with Gasteiger partial charge >= 0.3 is 0 Å². The van der Waals surface area contributed by atoms with Gasteiger partial charge in [0.05, 0.1) is 17.7 Å². The molecule has 0 aliphatic carbocycles. The highest BCUT2D eigenvalue weighted by molar-refractivity contribution is 7.89. The Labute approximate surface area is 171 Å². The zero-order valence-electron chi connectivity index (χ0n) is 16.7. The van der Waals surface area contributed by atoms with Crippen molar-refractivity contribution >= 4 is 15.9 Å². The number of nitrogens with zero attached hydrogens (tertiary/aromatic N) is 1. The van der Waals surface area contributed by atoms with Gasteiger partial charge < -0.3 is 14.8 Å². The SMILES string of the molecule is CC(C)c1ccc(S(=O)(=O)N2CCC(C(=O)NCC(O)c3ccco3)CC2)cc1. The molecule has 2 aromatic rings. The third kappa shape index (κ3) is 5.07. The number of sulfonamides is 1. The van der Waals surface area contributed by atoms with E-state index < -0.39 is 16.1 Å². The summed E-state index contributed by atoms with van der Waals surface area (Å²) in [7, 11) is -3.56. The standard InChI is InChI=1S/C21H28N2O5S/c1-15(2)16-5-7-18(8-6-16)29(26,27)23-11-9-17(10-12-23)21(25)22-14-19(24)20-4-3-13-28-20/h3-8,13,15,17,19,24H,9-12,14H2,1-2H3,(H,22,25). The molecule has 3 rings (SSSR count). The van der Waals surface area contributed by atoms with E-state index in [0.717, 1.165) is 5.56 Å². The van der Waals surface area contributed by atoms with Gasteiger partial charge in [-0.2, -0.15) is 4.31 Å². The molecule has 1 fully saturated rings. The molecule has 1 atom stereocenters. The van der Waals surface area contributed by atoms with Gasteiger partial charge in [0.2, 0.25) is 15.9 Å². The molecule has 1 unspecified atom stereocenters. The lowest BCUT2D eigenvalue weighted by Crippen LogP contribution is -2.43. The number of hydrogen-bond donors (Lipinski definition) is 2. The molecule has 1 amide bonds. The van der Waals surface area contributed by atoms with E-state index in [1.807, 2.05) is 12.1 Å². The Kier molecular flexibility index (Phi) is 6.77. The van der Waals surface area contributed by atoms with Crippen LogP contribution in [-0.4, -0.2) is 43.4 Å². The topological polar surface area (TPSA) is 99.9 Å². The van der Waals surface area contributed by atoms with E-state index in [0.29, 0.717) is 37.6 Å². The number of benzene rings is 1. The van der Waals surface area contributed by atoms with Crippen LogP contribution in [0.25, 0.3) is 0 Å². The molecule has 1 saturated heterocycles. The molecule has 1 aromatic carbocycles. The molecule has 29 heavy (non-hydrogen) atoms. The molecular weight excluding hydrogens is 392 g/mol. The third-order valence-corrected chi connectivity index (χ3v) is 7.26. The zero-order chi connectivity index (χ0) is 21.0. The summed E-state index contributed by atoms with van der Waals surface area (Å²) in [5.74, 6) is 0.296. The third-order valence-electron chi connectivity index (χ3n) is 5.35. The first kappa shape index (κ1) is 21.5. The largest absolute Gasteiger partial charge is 0.467 e. The van der Waals surface area contributed by atoms with Crippen LogP contribution < -0.4 is 5.32 Å². The van der Waals surface area contributed by atoms with Crippen molar-refractivity contribution in [1.82, 2.24) is 9.62 Å². The number of aliphatic hydroxyl groups excluding tert-OH is 1. The summed E-state index contributed by atoms with van der Waals surface area (Å²) in [5.41, 5.74) is 1.09. The summed E-state index contributed by atoms with van der Waals surface area (Å²) >= 11 is 0. The lowest BCUT2D eigenvalue weighted by atomic mass is 9.97. The molecular formula is C21H28N2O5S. The van der Waals surface area contributed by atoms with Crippen molar-refractivity contribution in [3.05, 3.63) is 54.0 Å². The van der Waals surface area contributed by atoms with Crippen LogP contribution >= 0.6 is 0 Å². The summed E-state index contributed by atoms with van der Waals surface area (Å²) < 4.78 is 32.3. The van der Waals surface area contributed by atoms with Crippen LogP contribution in [0, 0.1) is 5.92 Å². The molecule has 1 aromatic heterocycles. The number of aliphatic hydroxyl groups is 1. The van der Waals surface area contributed by atoms with Crippen molar-refractivity contribution < 1.29 is 22.7 Å². The monoisotopic (exact) mass is 420 g/mol. The van der Waals surface area contributed by atoms with Gasteiger partial charge in [0.25, 0.3) is 0 Å². The number of hydrogen-bond acceptors (Lipinski definition) is 5. The second-order valence-corrected chi connectivity index (χ2v) is 9.62. The predicted octanol–water partition coefficient (Wildman–Crippen LogP) is 2.65. The Balaban J connectivity index is 1.53. The van der Waals surface area contributed by atoms with E-state index in [9.17, 15) is 18.3 Å². The Hall–Kier alpha value is -2.16. The second-order valence-electron chi connectivity index (χ2n) is 7.68. The molecule has 2 N–H and O–H groups in total. The maximum atomic E-state index is 12.9. The maximum Gasteiger partial charge on any atom is 0.243 e. The number of amides is 1.